The van der Waals surface area contributed by atoms with Gasteiger partial charge in [-0.2, -0.15) is 0 Å². The number of benzene rings is 1. The van der Waals surface area contributed by atoms with Crippen molar-refractivity contribution < 1.29 is 4.79 Å². The minimum atomic E-state index is 0.0736. The number of rotatable bonds is 3. The van der Waals surface area contributed by atoms with E-state index in [1.165, 1.54) is 11.1 Å². The molecule has 4 rings (SSSR count). The number of nitrogens with zero attached hydrogens (tertiary/aromatic N) is 2. The Morgan fingerprint density at radius 3 is 2.64 bits per heavy atom. The molecule has 0 radical (unpaired) electrons. The second-order valence-electron chi connectivity index (χ2n) is 6.99. The summed E-state index contributed by atoms with van der Waals surface area (Å²) in [5, 5.41) is 3.93. The van der Waals surface area contributed by atoms with Crippen molar-refractivity contribution in [3.8, 4) is 11.3 Å². The number of nitrogens with one attached hydrogen (secondary N) is 1. The number of carbonyl (C=O) groups excluding carboxylic acids is 1. The molecule has 1 aliphatic carbocycles. The Balaban J connectivity index is 1.75. The molecule has 2 aromatic heterocycles. The molecule has 2 heterocycles. The van der Waals surface area contributed by atoms with E-state index in [2.05, 4.69) is 55.3 Å². The van der Waals surface area contributed by atoms with Gasteiger partial charge in [-0.1, -0.05) is 17.7 Å². The van der Waals surface area contributed by atoms with Gasteiger partial charge in [0.15, 0.2) is 0 Å². The van der Waals surface area contributed by atoms with Crippen LogP contribution >= 0.6 is 0 Å². The topological polar surface area (TPSA) is 54.9 Å². The number of aryl methyl sites for hydroxylation is 3. The Bertz CT molecular complexity index is 990. The van der Waals surface area contributed by atoms with Gasteiger partial charge < -0.3 is 5.32 Å². The Morgan fingerprint density at radius 1 is 1.08 bits per heavy atom. The second-order valence-corrected chi connectivity index (χ2v) is 6.99. The highest BCUT2D eigenvalue weighted by Crippen LogP contribution is 2.31. The zero-order chi connectivity index (χ0) is 17.6. The van der Waals surface area contributed by atoms with Crippen LogP contribution in [0.4, 0.5) is 5.82 Å². The lowest BCUT2D eigenvalue weighted by Crippen LogP contribution is -2.14. The fourth-order valence-corrected chi connectivity index (χ4v) is 3.09. The third-order valence-corrected chi connectivity index (χ3v) is 4.77. The minimum absolute atomic E-state index is 0.0736. The van der Waals surface area contributed by atoms with Crippen molar-refractivity contribution in [2.75, 3.05) is 5.32 Å². The number of fused-ring (bicyclic) bond motifs is 1. The molecule has 0 bridgehead atoms. The van der Waals surface area contributed by atoms with E-state index in [0.717, 1.165) is 40.6 Å². The molecule has 3 aromatic rings. The lowest BCUT2D eigenvalue weighted by molar-refractivity contribution is -0.117. The molecular weight excluding hydrogens is 310 g/mol. The number of pyridine rings is 2. The van der Waals surface area contributed by atoms with Gasteiger partial charge in [0, 0.05) is 16.9 Å². The van der Waals surface area contributed by atoms with E-state index in [9.17, 15) is 4.79 Å². The number of amides is 1. The lowest BCUT2D eigenvalue weighted by Gasteiger charge is -2.11. The maximum atomic E-state index is 11.9. The van der Waals surface area contributed by atoms with E-state index < -0.39 is 0 Å². The minimum Gasteiger partial charge on any atom is -0.310 e. The van der Waals surface area contributed by atoms with Gasteiger partial charge in [-0.15, -0.1) is 0 Å². The molecule has 25 heavy (non-hydrogen) atoms. The number of carbonyl (C=O) groups is 1. The van der Waals surface area contributed by atoms with Crippen molar-refractivity contribution in [2.45, 2.75) is 33.6 Å². The predicted molar refractivity (Wildman–Crippen MR) is 101 cm³/mol. The van der Waals surface area contributed by atoms with Crippen LogP contribution < -0.4 is 5.32 Å². The molecule has 0 atom stereocenters. The first-order chi connectivity index (χ1) is 12.0. The third-order valence-electron chi connectivity index (χ3n) is 4.77. The first kappa shape index (κ1) is 15.8. The van der Waals surface area contributed by atoms with Gasteiger partial charge in [0.05, 0.1) is 17.4 Å². The average Bonchev–Trinajstić information content (AvgIpc) is 3.42. The van der Waals surface area contributed by atoms with Crippen LogP contribution in [0.3, 0.4) is 0 Å². The van der Waals surface area contributed by atoms with E-state index in [-0.39, 0.29) is 11.8 Å². The number of aromatic nitrogens is 2. The summed E-state index contributed by atoms with van der Waals surface area (Å²) in [6.07, 6.45) is 3.72. The van der Waals surface area contributed by atoms with Gasteiger partial charge in [0.25, 0.3) is 0 Å². The predicted octanol–water partition coefficient (Wildman–Crippen LogP) is 4.57. The maximum Gasteiger partial charge on any atom is 0.228 e. The molecule has 1 aromatic carbocycles. The molecule has 1 saturated carbocycles. The summed E-state index contributed by atoms with van der Waals surface area (Å²) in [5.41, 5.74) is 6.51. The number of hydrogen-bond acceptors (Lipinski definition) is 3. The normalized spacial score (nSPS) is 13.9. The molecule has 0 saturated heterocycles. The molecule has 1 aliphatic rings. The molecule has 4 heteroatoms. The third kappa shape index (κ3) is 3.12. The largest absolute Gasteiger partial charge is 0.310 e. The van der Waals surface area contributed by atoms with Gasteiger partial charge in [-0.05, 0) is 62.9 Å². The number of anilines is 1. The molecule has 1 fully saturated rings. The van der Waals surface area contributed by atoms with Crippen LogP contribution in [0.25, 0.3) is 22.2 Å². The zero-order valence-electron chi connectivity index (χ0n) is 14.8. The van der Waals surface area contributed by atoms with Crippen molar-refractivity contribution >= 4 is 22.6 Å². The first-order valence-electron chi connectivity index (χ1n) is 8.67. The molecule has 1 amide bonds. The standard InChI is InChI=1S/C21H21N3O/c1-12-4-5-13(2)16(8-12)18-9-14(3)17-10-20(22-11-19(17)23-18)24-21(25)15-6-7-15/h4-5,8-11,15H,6-7H2,1-3H3,(H,22,24,25). The average molecular weight is 331 g/mol. The second kappa shape index (κ2) is 5.96. The Labute approximate surface area is 147 Å². The van der Waals surface area contributed by atoms with Crippen LogP contribution in [0, 0.1) is 26.7 Å². The summed E-state index contributed by atoms with van der Waals surface area (Å²) >= 11 is 0. The van der Waals surface area contributed by atoms with Crippen molar-refractivity contribution in [1.82, 2.24) is 9.97 Å². The van der Waals surface area contributed by atoms with Gasteiger partial charge >= 0.3 is 0 Å². The van der Waals surface area contributed by atoms with Crippen LogP contribution in [-0.4, -0.2) is 15.9 Å². The van der Waals surface area contributed by atoms with Crippen LogP contribution in [0.15, 0.2) is 36.5 Å². The van der Waals surface area contributed by atoms with Gasteiger partial charge in [0.2, 0.25) is 5.91 Å². The molecule has 126 valence electrons. The fraction of sp³-hybridized carbons (Fsp3) is 0.286. The summed E-state index contributed by atoms with van der Waals surface area (Å²) in [4.78, 5) is 21.1. The van der Waals surface area contributed by atoms with Crippen molar-refractivity contribution in [2.24, 2.45) is 5.92 Å². The number of hydrogen-bond donors (Lipinski definition) is 1. The van der Waals surface area contributed by atoms with Crippen LogP contribution in [0.2, 0.25) is 0 Å². The van der Waals surface area contributed by atoms with E-state index in [1.807, 2.05) is 6.07 Å². The van der Waals surface area contributed by atoms with Crippen LogP contribution in [-0.2, 0) is 4.79 Å². The van der Waals surface area contributed by atoms with E-state index in [0.29, 0.717) is 5.82 Å². The summed E-state index contributed by atoms with van der Waals surface area (Å²) < 4.78 is 0. The van der Waals surface area contributed by atoms with Gasteiger partial charge in [-0.25, -0.2) is 9.97 Å². The highest BCUT2D eigenvalue weighted by Gasteiger charge is 2.29. The van der Waals surface area contributed by atoms with E-state index >= 15 is 0 Å². The highest BCUT2D eigenvalue weighted by atomic mass is 16.2. The molecule has 0 unspecified atom stereocenters. The van der Waals surface area contributed by atoms with E-state index in [1.54, 1.807) is 6.20 Å². The Kier molecular flexibility index (Phi) is 3.75. The Hall–Kier alpha value is -2.75. The Morgan fingerprint density at radius 2 is 1.88 bits per heavy atom. The molecule has 0 spiro atoms. The van der Waals surface area contributed by atoms with E-state index in [4.69, 9.17) is 4.98 Å². The monoisotopic (exact) mass is 331 g/mol. The molecular formula is C21H21N3O. The summed E-state index contributed by atoms with van der Waals surface area (Å²) in [7, 11) is 0. The summed E-state index contributed by atoms with van der Waals surface area (Å²) in [6.45, 7) is 6.27. The summed E-state index contributed by atoms with van der Waals surface area (Å²) in [6, 6.07) is 10.4. The van der Waals surface area contributed by atoms with Crippen LogP contribution in [0.1, 0.15) is 29.5 Å². The molecule has 0 aliphatic heterocycles. The van der Waals surface area contributed by atoms with Gasteiger partial charge in [-0.3, -0.25) is 4.79 Å². The molecule has 1 N–H and O–H groups in total. The quantitative estimate of drug-likeness (QED) is 0.765. The highest BCUT2D eigenvalue weighted by molar-refractivity contribution is 5.95. The SMILES string of the molecule is Cc1ccc(C)c(-c2cc(C)c3cc(NC(=O)C4CC4)ncc3n2)c1. The van der Waals surface area contributed by atoms with Crippen molar-refractivity contribution in [3.05, 3.63) is 53.2 Å². The smallest absolute Gasteiger partial charge is 0.228 e. The lowest BCUT2D eigenvalue weighted by atomic mass is 10.00. The maximum absolute atomic E-state index is 11.9. The fourth-order valence-electron chi connectivity index (χ4n) is 3.09. The summed E-state index contributed by atoms with van der Waals surface area (Å²) in [5.74, 6) is 0.849. The van der Waals surface area contributed by atoms with Crippen molar-refractivity contribution in [3.63, 3.8) is 0 Å². The van der Waals surface area contributed by atoms with Crippen molar-refractivity contribution in [1.29, 1.82) is 0 Å². The first-order valence-corrected chi connectivity index (χ1v) is 8.67. The van der Waals surface area contributed by atoms with Crippen LogP contribution in [0.5, 0.6) is 0 Å². The zero-order valence-corrected chi connectivity index (χ0v) is 14.8. The van der Waals surface area contributed by atoms with Gasteiger partial charge in [0.1, 0.15) is 5.82 Å². The molecule has 4 nitrogen and oxygen atoms in total.